The van der Waals surface area contributed by atoms with E-state index in [1.807, 2.05) is 24.3 Å². The Balaban J connectivity index is 1.52. The Hall–Kier alpha value is -2.38. The van der Waals surface area contributed by atoms with E-state index in [2.05, 4.69) is 10.2 Å². The second-order valence-corrected chi connectivity index (χ2v) is 9.28. The van der Waals surface area contributed by atoms with E-state index >= 15 is 0 Å². The highest BCUT2D eigenvalue weighted by atomic mass is 32.2. The molecule has 2 aromatic rings. The zero-order valence-electron chi connectivity index (χ0n) is 15.8. The minimum Gasteiger partial charge on any atom is -0.371 e. The van der Waals surface area contributed by atoms with Crippen LogP contribution in [0.4, 0.5) is 11.4 Å². The van der Waals surface area contributed by atoms with E-state index < -0.39 is 10.0 Å². The molecular weight excluding hydrogens is 374 g/mol. The summed E-state index contributed by atoms with van der Waals surface area (Å²) < 4.78 is 27.0. The van der Waals surface area contributed by atoms with Crippen LogP contribution < -0.4 is 10.2 Å². The van der Waals surface area contributed by atoms with Crippen LogP contribution in [0.3, 0.4) is 0 Å². The van der Waals surface area contributed by atoms with Gasteiger partial charge in [0.25, 0.3) is 5.91 Å². The van der Waals surface area contributed by atoms with Gasteiger partial charge in [-0.25, -0.2) is 8.42 Å². The highest BCUT2D eigenvalue weighted by Gasteiger charge is 2.27. The number of carbonyl (C=O) groups excluding carboxylic acids is 1. The number of rotatable bonds is 5. The summed E-state index contributed by atoms with van der Waals surface area (Å²) in [5.74, 6) is -0.308. The van der Waals surface area contributed by atoms with Crippen molar-refractivity contribution in [1.29, 1.82) is 0 Å². The van der Waals surface area contributed by atoms with E-state index in [1.165, 1.54) is 23.2 Å². The molecule has 2 aliphatic heterocycles. The van der Waals surface area contributed by atoms with Gasteiger partial charge in [-0.05, 0) is 62.1 Å². The third kappa shape index (κ3) is 3.91. The number of hydrogen-bond acceptors (Lipinski definition) is 4. The van der Waals surface area contributed by atoms with Gasteiger partial charge in [0.1, 0.15) is 0 Å². The van der Waals surface area contributed by atoms with E-state index in [9.17, 15) is 13.2 Å². The van der Waals surface area contributed by atoms with Gasteiger partial charge in [0.2, 0.25) is 10.0 Å². The van der Waals surface area contributed by atoms with Gasteiger partial charge < -0.3 is 10.2 Å². The highest BCUT2D eigenvalue weighted by molar-refractivity contribution is 7.89. The lowest BCUT2D eigenvalue weighted by Gasteiger charge is -2.18. The van der Waals surface area contributed by atoms with Crippen molar-refractivity contribution in [2.24, 2.45) is 0 Å². The van der Waals surface area contributed by atoms with Gasteiger partial charge in [-0.15, -0.1) is 0 Å². The number of anilines is 2. The topological polar surface area (TPSA) is 69.7 Å². The number of sulfonamides is 1. The molecule has 1 amide bonds. The van der Waals surface area contributed by atoms with Gasteiger partial charge in [0.05, 0.1) is 4.90 Å². The summed E-state index contributed by atoms with van der Waals surface area (Å²) in [5.41, 5.74) is 2.15. The van der Waals surface area contributed by atoms with Crippen LogP contribution in [0.15, 0.2) is 53.4 Å². The number of nitrogens with zero attached hydrogens (tertiary/aromatic N) is 2. The Bertz CT molecular complexity index is 962. The summed E-state index contributed by atoms with van der Waals surface area (Å²) in [4.78, 5) is 15.2. The molecule has 2 heterocycles. The first-order chi connectivity index (χ1) is 13.5. The molecule has 0 radical (unpaired) electrons. The first-order valence-electron chi connectivity index (χ1n) is 9.81. The van der Waals surface area contributed by atoms with Crippen molar-refractivity contribution < 1.29 is 13.2 Å². The zero-order valence-corrected chi connectivity index (χ0v) is 16.6. The fourth-order valence-corrected chi connectivity index (χ4v) is 5.40. The van der Waals surface area contributed by atoms with Crippen molar-refractivity contribution in [3.05, 3.63) is 54.1 Å². The number of carbonyl (C=O) groups is 1. The lowest BCUT2D eigenvalue weighted by atomic mass is 10.2. The maximum absolute atomic E-state index is 12.7. The van der Waals surface area contributed by atoms with Crippen molar-refractivity contribution in [2.45, 2.75) is 30.6 Å². The van der Waals surface area contributed by atoms with Crippen molar-refractivity contribution in [3.63, 3.8) is 0 Å². The van der Waals surface area contributed by atoms with Gasteiger partial charge >= 0.3 is 0 Å². The average Bonchev–Trinajstić information content (AvgIpc) is 3.42. The third-order valence-electron chi connectivity index (χ3n) is 5.37. The second-order valence-electron chi connectivity index (χ2n) is 7.34. The molecule has 6 nitrogen and oxygen atoms in total. The average molecular weight is 400 g/mol. The summed E-state index contributed by atoms with van der Waals surface area (Å²) in [5, 5.41) is 2.90. The van der Waals surface area contributed by atoms with Crippen LogP contribution >= 0.6 is 0 Å². The summed E-state index contributed by atoms with van der Waals surface area (Å²) >= 11 is 0. The zero-order chi connectivity index (χ0) is 19.6. The van der Waals surface area contributed by atoms with Crippen molar-refractivity contribution >= 4 is 27.3 Å². The minimum absolute atomic E-state index is 0.174. The highest BCUT2D eigenvalue weighted by Crippen LogP contribution is 2.25. The Kier molecular flexibility index (Phi) is 5.37. The maximum atomic E-state index is 12.7. The molecule has 0 bridgehead atoms. The predicted octanol–water partition coefficient (Wildman–Crippen LogP) is 3.32. The van der Waals surface area contributed by atoms with E-state index in [0.717, 1.165) is 31.6 Å². The Morgan fingerprint density at radius 3 is 2.29 bits per heavy atom. The molecule has 0 aromatic heterocycles. The molecule has 1 N–H and O–H groups in total. The van der Waals surface area contributed by atoms with E-state index in [-0.39, 0.29) is 10.8 Å². The number of amides is 1. The lowest BCUT2D eigenvalue weighted by molar-refractivity contribution is 0.102. The fourth-order valence-electron chi connectivity index (χ4n) is 3.83. The molecular formula is C21H25N3O3S. The van der Waals surface area contributed by atoms with Crippen molar-refractivity contribution in [1.82, 2.24) is 4.31 Å². The van der Waals surface area contributed by atoms with Gasteiger partial charge in [-0.3, -0.25) is 4.79 Å². The molecule has 2 aromatic carbocycles. The molecule has 0 aliphatic carbocycles. The predicted molar refractivity (Wildman–Crippen MR) is 110 cm³/mol. The molecule has 4 rings (SSSR count). The van der Waals surface area contributed by atoms with Gasteiger partial charge in [-0.1, -0.05) is 12.1 Å². The number of hydrogen-bond donors (Lipinski definition) is 1. The monoisotopic (exact) mass is 399 g/mol. The molecule has 2 aliphatic rings. The molecule has 2 saturated heterocycles. The Labute approximate surface area is 166 Å². The van der Waals surface area contributed by atoms with Crippen LogP contribution in [-0.2, 0) is 10.0 Å². The van der Waals surface area contributed by atoms with Crippen LogP contribution in [0, 0.1) is 0 Å². The molecule has 0 atom stereocenters. The lowest BCUT2D eigenvalue weighted by Crippen LogP contribution is -2.28. The van der Waals surface area contributed by atoms with E-state index in [4.69, 9.17) is 0 Å². The molecule has 0 unspecified atom stereocenters. The summed E-state index contributed by atoms with van der Waals surface area (Å²) in [6, 6.07) is 14.1. The summed E-state index contributed by atoms with van der Waals surface area (Å²) in [7, 11) is -3.54. The van der Waals surface area contributed by atoms with Gasteiger partial charge in [-0.2, -0.15) is 4.31 Å². The SMILES string of the molecule is O=C(Nc1cccc(N2CCCC2)c1)c1cccc(S(=O)(=O)N2CCCC2)c1. The number of nitrogens with one attached hydrogen (secondary N) is 1. The van der Waals surface area contributed by atoms with Gasteiger partial charge in [0.15, 0.2) is 0 Å². The molecule has 2 fully saturated rings. The second kappa shape index (κ2) is 7.93. The first kappa shape index (κ1) is 19.0. The largest absolute Gasteiger partial charge is 0.371 e. The van der Waals surface area contributed by atoms with Crippen LogP contribution in [0.5, 0.6) is 0 Å². The van der Waals surface area contributed by atoms with E-state index in [0.29, 0.717) is 24.3 Å². The Morgan fingerprint density at radius 2 is 1.54 bits per heavy atom. The molecule has 0 saturated carbocycles. The van der Waals surface area contributed by atoms with Crippen LogP contribution in [0.25, 0.3) is 0 Å². The summed E-state index contributed by atoms with van der Waals surface area (Å²) in [6.45, 7) is 3.16. The third-order valence-corrected chi connectivity index (χ3v) is 7.27. The minimum atomic E-state index is -3.54. The molecule has 0 spiro atoms. The van der Waals surface area contributed by atoms with Crippen molar-refractivity contribution in [3.8, 4) is 0 Å². The normalized spacial score (nSPS) is 17.8. The van der Waals surface area contributed by atoms with E-state index in [1.54, 1.807) is 18.2 Å². The quantitative estimate of drug-likeness (QED) is 0.837. The summed E-state index contributed by atoms with van der Waals surface area (Å²) in [6.07, 6.45) is 4.14. The Morgan fingerprint density at radius 1 is 0.857 bits per heavy atom. The smallest absolute Gasteiger partial charge is 0.255 e. The molecule has 7 heteroatoms. The molecule has 28 heavy (non-hydrogen) atoms. The molecule has 148 valence electrons. The van der Waals surface area contributed by atoms with Crippen LogP contribution in [-0.4, -0.2) is 44.8 Å². The standard InChI is InChI=1S/C21H25N3O3S/c25-21(22-18-8-6-9-19(16-18)23-11-1-2-12-23)17-7-5-10-20(15-17)28(26,27)24-13-3-4-14-24/h5-10,15-16H,1-4,11-14H2,(H,22,25). The van der Waals surface area contributed by atoms with Gasteiger partial charge in [0, 0.05) is 43.1 Å². The fraction of sp³-hybridized carbons (Fsp3) is 0.381. The van der Waals surface area contributed by atoms with Crippen molar-refractivity contribution in [2.75, 3.05) is 36.4 Å². The van der Waals surface area contributed by atoms with Crippen LogP contribution in [0.2, 0.25) is 0 Å². The van der Waals surface area contributed by atoms with Crippen LogP contribution in [0.1, 0.15) is 36.0 Å². The number of benzene rings is 2. The first-order valence-corrected chi connectivity index (χ1v) is 11.2. The maximum Gasteiger partial charge on any atom is 0.255 e.